The summed E-state index contributed by atoms with van der Waals surface area (Å²) >= 11 is 5.77. The van der Waals surface area contributed by atoms with Gasteiger partial charge in [-0.2, -0.15) is 0 Å². The van der Waals surface area contributed by atoms with Gasteiger partial charge in [-0.25, -0.2) is 8.42 Å². The van der Waals surface area contributed by atoms with E-state index in [1.165, 1.54) is 0 Å². The van der Waals surface area contributed by atoms with Crippen LogP contribution in [-0.2, 0) is 14.6 Å². The Hall–Kier alpha value is -0.290. The van der Waals surface area contributed by atoms with E-state index in [-0.39, 0.29) is 24.7 Å². The van der Waals surface area contributed by atoms with Gasteiger partial charge in [-0.05, 0) is 19.8 Å². The van der Waals surface area contributed by atoms with E-state index in [0.717, 1.165) is 0 Å². The van der Waals surface area contributed by atoms with Gasteiger partial charge in [0.2, 0.25) is 5.91 Å². The summed E-state index contributed by atoms with van der Waals surface area (Å²) in [4.78, 5) is 13.4. The largest absolute Gasteiger partial charge is 0.339 e. The molecule has 1 rings (SSSR count). The summed E-state index contributed by atoms with van der Waals surface area (Å²) in [5, 5.41) is -0.595. The molecule has 0 N–H and O–H groups in total. The van der Waals surface area contributed by atoms with Crippen molar-refractivity contribution >= 4 is 27.3 Å². The zero-order chi connectivity index (χ0) is 13.3. The number of hydrogen-bond acceptors (Lipinski definition) is 3. The molecule has 4 nitrogen and oxygen atoms in total. The number of hydrogen-bond donors (Lipinski definition) is 0. The molecule has 1 heterocycles. The third-order valence-corrected chi connectivity index (χ3v) is 6.64. The molecule has 1 fully saturated rings. The van der Waals surface area contributed by atoms with Crippen molar-refractivity contribution in [1.29, 1.82) is 0 Å². The first kappa shape index (κ1) is 14.8. The van der Waals surface area contributed by atoms with Crippen molar-refractivity contribution in [2.75, 3.05) is 18.8 Å². The zero-order valence-electron chi connectivity index (χ0n) is 10.6. The maximum atomic E-state index is 12.1. The average Bonchev–Trinajstić information content (AvgIpc) is 2.28. The molecule has 1 aliphatic heterocycles. The number of amides is 1. The van der Waals surface area contributed by atoms with Gasteiger partial charge in [-0.3, -0.25) is 4.79 Å². The third kappa shape index (κ3) is 2.60. The molecule has 0 spiro atoms. The summed E-state index contributed by atoms with van der Waals surface area (Å²) in [6.07, 6.45) is 1.07. The van der Waals surface area contributed by atoms with Crippen LogP contribution < -0.4 is 0 Å². The van der Waals surface area contributed by atoms with E-state index in [4.69, 9.17) is 11.6 Å². The molecule has 17 heavy (non-hydrogen) atoms. The minimum absolute atomic E-state index is 0.0457. The predicted octanol–water partition coefficient (Wildman–Crippen LogP) is 1.43. The summed E-state index contributed by atoms with van der Waals surface area (Å²) in [6, 6.07) is 0. The number of rotatable bonds is 3. The fourth-order valence-corrected chi connectivity index (χ4v) is 4.59. The number of carbonyl (C=O) groups is 1. The predicted molar refractivity (Wildman–Crippen MR) is 69.0 cm³/mol. The minimum Gasteiger partial charge on any atom is -0.339 e. The highest BCUT2D eigenvalue weighted by molar-refractivity contribution is 7.92. The van der Waals surface area contributed by atoms with Gasteiger partial charge in [0.25, 0.3) is 0 Å². The molecule has 0 saturated carbocycles. The standard InChI is InChI=1S/C11H20ClNO3S/c1-4-11(5-2)8-13(10(14)9(3)12)6-7-17(11,15)16/h9H,4-8H2,1-3H3. The Morgan fingerprint density at radius 3 is 2.35 bits per heavy atom. The van der Waals surface area contributed by atoms with E-state index in [1.807, 2.05) is 13.8 Å². The lowest BCUT2D eigenvalue weighted by atomic mass is 10.0. The monoisotopic (exact) mass is 281 g/mol. The van der Waals surface area contributed by atoms with E-state index in [0.29, 0.717) is 12.8 Å². The van der Waals surface area contributed by atoms with Crippen LogP contribution >= 0.6 is 11.6 Å². The van der Waals surface area contributed by atoms with Crippen molar-refractivity contribution in [2.24, 2.45) is 0 Å². The number of sulfone groups is 1. The molecular weight excluding hydrogens is 262 g/mol. The van der Waals surface area contributed by atoms with Crippen LogP contribution in [0.4, 0.5) is 0 Å². The quantitative estimate of drug-likeness (QED) is 0.736. The van der Waals surface area contributed by atoms with Gasteiger partial charge < -0.3 is 4.90 Å². The Labute approximate surface area is 108 Å². The Balaban J connectivity index is 2.99. The van der Waals surface area contributed by atoms with Gasteiger partial charge in [-0.15, -0.1) is 11.6 Å². The van der Waals surface area contributed by atoms with E-state index >= 15 is 0 Å². The van der Waals surface area contributed by atoms with Crippen molar-refractivity contribution in [1.82, 2.24) is 4.90 Å². The second-order valence-electron chi connectivity index (χ2n) is 4.58. The summed E-state index contributed by atoms with van der Waals surface area (Å²) in [6.45, 7) is 5.88. The lowest BCUT2D eigenvalue weighted by molar-refractivity contribution is -0.131. The molecule has 0 aromatic heterocycles. The Morgan fingerprint density at radius 1 is 1.41 bits per heavy atom. The van der Waals surface area contributed by atoms with Crippen molar-refractivity contribution in [2.45, 2.75) is 43.7 Å². The highest BCUT2D eigenvalue weighted by Crippen LogP contribution is 2.31. The summed E-state index contributed by atoms with van der Waals surface area (Å²) in [5.41, 5.74) is 0. The first-order valence-electron chi connectivity index (χ1n) is 5.95. The van der Waals surface area contributed by atoms with Crippen LogP contribution in [-0.4, -0.2) is 48.2 Å². The molecule has 6 heteroatoms. The maximum absolute atomic E-state index is 12.1. The molecule has 0 radical (unpaired) electrons. The highest BCUT2D eigenvalue weighted by atomic mass is 35.5. The van der Waals surface area contributed by atoms with Gasteiger partial charge in [0.1, 0.15) is 5.38 Å². The fourth-order valence-electron chi connectivity index (χ4n) is 2.33. The Morgan fingerprint density at radius 2 is 1.94 bits per heavy atom. The summed E-state index contributed by atoms with van der Waals surface area (Å²) in [5.74, 6) is -0.128. The molecule has 1 saturated heterocycles. The fraction of sp³-hybridized carbons (Fsp3) is 0.909. The Kier molecular flexibility index (Phi) is 4.47. The zero-order valence-corrected chi connectivity index (χ0v) is 12.1. The minimum atomic E-state index is -3.11. The van der Waals surface area contributed by atoms with E-state index in [9.17, 15) is 13.2 Å². The van der Waals surface area contributed by atoms with E-state index in [1.54, 1.807) is 11.8 Å². The van der Waals surface area contributed by atoms with Crippen molar-refractivity contribution < 1.29 is 13.2 Å². The van der Waals surface area contributed by atoms with E-state index in [2.05, 4.69) is 0 Å². The Bertz CT molecular complexity index is 388. The van der Waals surface area contributed by atoms with Crippen molar-refractivity contribution in [3.63, 3.8) is 0 Å². The topological polar surface area (TPSA) is 54.5 Å². The second kappa shape index (κ2) is 5.14. The van der Waals surface area contributed by atoms with Gasteiger partial charge in [0.15, 0.2) is 9.84 Å². The van der Waals surface area contributed by atoms with Gasteiger partial charge in [0, 0.05) is 13.1 Å². The van der Waals surface area contributed by atoms with Crippen LogP contribution in [0.2, 0.25) is 0 Å². The molecule has 1 amide bonds. The number of halogens is 1. The molecule has 0 aromatic rings. The summed E-state index contributed by atoms with van der Waals surface area (Å²) < 4.78 is 23.5. The molecule has 1 atom stereocenters. The molecule has 0 aliphatic carbocycles. The van der Waals surface area contributed by atoms with Crippen LogP contribution in [0.15, 0.2) is 0 Å². The van der Waals surface area contributed by atoms with E-state index < -0.39 is 20.0 Å². The van der Waals surface area contributed by atoms with Crippen LogP contribution in [0.25, 0.3) is 0 Å². The van der Waals surface area contributed by atoms with Gasteiger partial charge >= 0.3 is 0 Å². The first-order valence-corrected chi connectivity index (χ1v) is 8.03. The second-order valence-corrected chi connectivity index (χ2v) is 7.74. The maximum Gasteiger partial charge on any atom is 0.240 e. The lowest BCUT2D eigenvalue weighted by Gasteiger charge is -2.41. The van der Waals surface area contributed by atoms with Crippen LogP contribution in [0.1, 0.15) is 33.6 Å². The molecular formula is C11H20ClNO3S. The van der Waals surface area contributed by atoms with Crippen LogP contribution in [0, 0.1) is 0 Å². The first-order chi connectivity index (χ1) is 7.79. The summed E-state index contributed by atoms with van der Waals surface area (Å²) in [7, 11) is -3.11. The van der Waals surface area contributed by atoms with Crippen molar-refractivity contribution in [3.8, 4) is 0 Å². The smallest absolute Gasteiger partial charge is 0.240 e. The number of nitrogens with zero attached hydrogens (tertiary/aromatic N) is 1. The average molecular weight is 282 g/mol. The van der Waals surface area contributed by atoms with Crippen molar-refractivity contribution in [3.05, 3.63) is 0 Å². The van der Waals surface area contributed by atoms with Gasteiger partial charge in [0.05, 0.1) is 10.5 Å². The SMILES string of the molecule is CCC1(CC)CN(C(=O)C(C)Cl)CCS1(=O)=O. The van der Waals surface area contributed by atoms with Gasteiger partial charge in [-0.1, -0.05) is 13.8 Å². The highest BCUT2D eigenvalue weighted by Gasteiger charge is 2.46. The molecule has 1 aliphatic rings. The molecule has 1 unspecified atom stereocenters. The molecule has 0 aromatic carbocycles. The van der Waals surface area contributed by atoms with Crippen LogP contribution in [0.5, 0.6) is 0 Å². The van der Waals surface area contributed by atoms with Crippen LogP contribution in [0.3, 0.4) is 0 Å². The molecule has 0 bridgehead atoms. The normalized spacial score (nSPS) is 24.4. The lowest BCUT2D eigenvalue weighted by Crippen LogP contribution is -2.58. The number of alkyl halides is 1. The molecule has 100 valence electrons. The third-order valence-electron chi connectivity index (χ3n) is 3.71. The number of carbonyl (C=O) groups excluding carboxylic acids is 1.